The molecule has 0 bridgehead atoms. The molecule has 0 aromatic heterocycles. The summed E-state index contributed by atoms with van der Waals surface area (Å²) in [6.07, 6.45) is -5.55. The smallest absolute Gasteiger partial charge is 0.388 e. The maximum atomic E-state index is 14.4. The third-order valence-corrected chi connectivity index (χ3v) is 7.11. The fraction of sp³-hybridized carbons (Fsp3) is 0.194. The Labute approximate surface area is 222 Å². The van der Waals surface area contributed by atoms with Crippen LogP contribution in [-0.4, -0.2) is 11.0 Å². The van der Waals surface area contributed by atoms with Crippen LogP contribution in [0.5, 0.6) is 0 Å². The van der Waals surface area contributed by atoms with Gasteiger partial charge < -0.3 is 10.0 Å². The van der Waals surface area contributed by atoms with Crippen molar-refractivity contribution in [3.8, 4) is 11.1 Å². The van der Waals surface area contributed by atoms with Gasteiger partial charge in [0.25, 0.3) is 0 Å². The van der Waals surface area contributed by atoms with Gasteiger partial charge in [-0.25, -0.2) is 8.78 Å². The molecule has 4 aromatic rings. The van der Waals surface area contributed by atoms with E-state index in [1.807, 2.05) is 0 Å². The van der Waals surface area contributed by atoms with Gasteiger partial charge in [-0.3, -0.25) is 4.79 Å². The van der Waals surface area contributed by atoms with Crippen molar-refractivity contribution >= 4 is 11.6 Å². The lowest BCUT2D eigenvalue weighted by molar-refractivity contribution is -0.140. The largest absolute Gasteiger partial charge is 0.416 e. The number of carbonyl (C=O) groups excluding carboxylic acids is 1. The van der Waals surface area contributed by atoms with Gasteiger partial charge >= 0.3 is 6.18 Å². The van der Waals surface area contributed by atoms with Crippen LogP contribution in [0.1, 0.15) is 41.7 Å². The Hall–Kier alpha value is -4.04. The molecule has 1 saturated heterocycles. The highest BCUT2D eigenvalue weighted by molar-refractivity contribution is 6.03. The van der Waals surface area contributed by atoms with Crippen molar-refractivity contribution in [1.29, 1.82) is 0 Å². The van der Waals surface area contributed by atoms with Gasteiger partial charge in [0.1, 0.15) is 11.6 Å². The highest BCUT2D eigenvalue weighted by atomic mass is 19.4. The van der Waals surface area contributed by atoms with E-state index in [1.54, 1.807) is 36.4 Å². The highest BCUT2D eigenvalue weighted by Gasteiger charge is 2.51. The van der Waals surface area contributed by atoms with E-state index in [2.05, 4.69) is 0 Å². The molecule has 0 saturated carbocycles. The van der Waals surface area contributed by atoms with E-state index in [1.165, 1.54) is 47.4 Å². The Morgan fingerprint density at radius 2 is 1.41 bits per heavy atom. The zero-order valence-electron chi connectivity index (χ0n) is 20.6. The van der Waals surface area contributed by atoms with Gasteiger partial charge in [-0.05, 0) is 77.6 Å². The molecule has 1 aliphatic rings. The summed E-state index contributed by atoms with van der Waals surface area (Å²) in [6.45, 7) is 0. The van der Waals surface area contributed by atoms with Gasteiger partial charge in [-0.1, -0.05) is 54.6 Å². The van der Waals surface area contributed by atoms with Gasteiger partial charge in [-0.15, -0.1) is 0 Å². The molecule has 5 rings (SSSR count). The Morgan fingerprint density at radius 3 is 2.03 bits per heavy atom. The Balaban J connectivity index is 1.52. The minimum atomic E-state index is -4.70. The topological polar surface area (TPSA) is 40.5 Å². The Morgan fingerprint density at radius 1 is 0.795 bits per heavy atom. The maximum Gasteiger partial charge on any atom is 0.416 e. The van der Waals surface area contributed by atoms with Crippen LogP contribution < -0.4 is 4.90 Å². The predicted octanol–water partition coefficient (Wildman–Crippen LogP) is 7.87. The van der Waals surface area contributed by atoms with Crippen molar-refractivity contribution in [3.05, 3.63) is 125 Å². The van der Waals surface area contributed by atoms with Gasteiger partial charge in [0, 0.05) is 5.69 Å². The predicted molar refractivity (Wildman–Crippen MR) is 138 cm³/mol. The minimum absolute atomic E-state index is 0.0765. The van der Waals surface area contributed by atoms with Gasteiger partial charge in [0.15, 0.2) is 0 Å². The molecule has 8 heteroatoms. The lowest BCUT2D eigenvalue weighted by Crippen LogP contribution is -2.55. The van der Waals surface area contributed by atoms with Crippen molar-refractivity contribution in [2.75, 3.05) is 4.90 Å². The highest BCUT2D eigenvalue weighted by Crippen LogP contribution is 2.50. The number of aliphatic hydroxyl groups excluding tert-OH is 1. The molecule has 0 spiro atoms. The summed E-state index contributed by atoms with van der Waals surface area (Å²) in [7, 11) is 0. The molecule has 4 aromatic carbocycles. The number of benzene rings is 4. The minimum Gasteiger partial charge on any atom is -0.388 e. The molecule has 0 aliphatic carbocycles. The number of β-lactam (4-membered cyclic amide) rings is 1. The SMILES string of the molecule is O=C1C(CC[C@H](O)c2ccc(F)cc2)C(c2ccc(-c3ccccc3)cc2C(F)(F)F)N1c1ccc(F)cc1. The van der Waals surface area contributed by atoms with Crippen molar-refractivity contribution < 1.29 is 31.9 Å². The molecule has 0 radical (unpaired) electrons. The van der Waals surface area contributed by atoms with E-state index in [4.69, 9.17) is 0 Å². The number of nitrogens with zero attached hydrogens (tertiary/aromatic N) is 1. The molecule has 200 valence electrons. The molecule has 1 aliphatic heterocycles. The summed E-state index contributed by atoms with van der Waals surface area (Å²) in [5.41, 5.74) is 0.785. The van der Waals surface area contributed by atoms with E-state index in [0.717, 1.165) is 18.2 Å². The van der Waals surface area contributed by atoms with Crippen molar-refractivity contribution in [1.82, 2.24) is 0 Å². The van der Waals surface area contributed by atoms with Crippen molar-refractivity contribution in [3.63, 3.8) is 0 Å². The third-order valence-electron chi connectivity index (χ3n) is 7.11. The van der Waals surface area contributed by atoms with Crippen LogP contribution >= 0.6 is 0 Å². The monoisotopic (exact) mass is 537 g/mol. The van der Waals surface area contributed by atoms with Crippen LogP contribution in [0.3, 0.4) is 0 Å². The molecular weight excluding hydrogens is 513 g/mol. The number of carbonyl (C=O) groups is 1. The molecular formula is C31H24F5NO2. The molecule has 1 fully saturated rings. The maximum absolute atomic E-state index is 14.4. The standard InChI is InChI=1S/C31H24F5NO2/c32-22-9-6-20(7-10-22)28(38)17-16-26-29(37(30(26)39)24-13-11-23(33)12-14-24)25-15-8-21(18-27(25)31(34,35)36)19-4-2-1-3-5-19/h1-15,18,26,28-29,38H,16-17H2/t26?,28-,29?/m0/s1. The summed E-state index contributed by atoms with van der Waals surface area (Å²) >= 11 is 0. The van der Waals surface area contributed by atoms with Gasteiger partial charge in [0.05, 0.1) is 23.6 Å². The van der Waals surface area contributed by atoms with E-state index >= 15 is 0 Å². The molecule has 1 heterocycles. The quantitative estimate of drug-likeness (QED) is 0.193. The summed E-state index contributed by atoms with van der Waals surface area (Å²) < 4.78 is 70.1. The van der Waals surface area contributed by atoms with Crippen LogP contribution in [0.25, 0.3) is 11.1 Å². The van der Waals surface area contributed by atoms with E-state index < -0.39 is 47.3 Å². The second-order valence-electron chi connectivity index (χ2n) is 9.55. The summed E-state index contributed by atoms with van der Waals surface area (Å²) in [4.78, 5) is 14.5. The van der Waals surface area contributed by atoms with Crippen LogP contribution in [-0.2, 0) is 11.0 Å². The number of halogens is 5. The van der Waals surface area contributed by atoms with Crippen LogP contribution in [0.15, 0.2) is 97.1 Å². The molecule has 3 atom stereocenters. The fourth-order valence-corrected chi connectivity index (χ4v) is 5.13. The van der Waals surface area contributed by atoms with E-state index in [-0.39, 0.29) is 24.1 Å². The van der Waals surface area contributed by atoms with Gasteiger partial charge in [0.2, 0.25) is 5.91 Å². The number of rotatable bonds is 7. The zero-order chi connectivity index (χ0) is 27.7. The Bertz CT molecular complexity index is 1450. The van der Waals surface area contributed by atoms with Crippen molar-refractivity contribution in [2.24, 2.45) is 5.92 Å². The summed E-state index contributed by atoms with van der Waals surface area (Å²) in [6, 6.07) is 22.0. The molecule has 2 unspecified atom stereocenters. The fourth-order valence-electron chi connectivity index (χ4n) is 5.13. The van der Waals surface area contributed by atoms with E-state index in [0.29, 0.717) is 16.7 Å². The van der Waals surface area contributed by atoms with Crippen LogP contribution in [0.2, 0.25) is 0 Å². The van der Waals surface area contributed by atoms with Crippen molar-refractivity contribution in [2.45, 2.75) is 31.2 Å². The second-order valence-corrected chi connectivity index (χ2v) is 9.55. The lowest BCUT2D eigenvalue weighted by atomic mass is 9.76. The average Bonchev–Trinajstić information content (AvgIpc) is 2.92. The van der Waals surface area contributed by atoms with Crippen LogP contribution in [0.4, 0.5) is 27.6 Å². The zero-order valence-corrected chi connectivity index (χ0v) is 20.6. The van der Waals surface area contributed by atoms with Crippen LogP contribution in [0, 0.1) is 17.6 Å². The number of hydrogen-bond acceptors (Lipinski definition) is 2. The lowest BCUT2D eigenvalue weighted by Gasteiger charge is -2.48. The number of amides is 1. The Kier molecular flexibility index (Phi) is 7.23. The normalized spacial score (nSPS) is 18.1. The summed E-state index contributed by atoms with van der Waals surface area (Å²) in [5.74, 6) is -2.27. The second kappa shape index (κ2) is 10.6. The molecule has 1 N–H and O–H groups in total. The molecule has 3 nitrogen and oxygen atoms in total. The third kappa shape index (κ3) is 5.43. The first kappa shape index (κ1) is 26.6. The van der Waals surface area contributed by atoms with Gasteiger partial charge in [-0.2, -0.15) is 13.2 Å². The van der Waals surface area contributed by atoms with E-state index in [9.17, 15) is 31.9 Å². The summed E-state index contributed by atoms with van der Waals surface area (Å²) in [5, 5.41) is 10.6. The first-order valence-corrected chi connectivity index (χ1v) is 12.4. The first-order chi connectivity index (χ1) is 18.6. The molecule has 1 amide bonds. The first-order valence-electron chi connectivity index (χ1n) is 12.4. The molecule has 39 heavy (non-hydrogen) atoms. The average molecular weight is 538 g/mol. The number of anilines is 1. The number of aliphatic hydroxyl groups is 1. The number of hydrogen-bond donors (Lipinski definition) is 1. The number of alkyl halides is 3.